The summed E-state index contributed by atoms with van der Waals surface area (Å²) >= 11 is 0. The SMILES string of the molecule is CC(C)(C)c1ccc(-c2noc(CN3CCC(C(=O)N4CCN(c5ccccc5F)CC4)CC3)n2)cc1. The first-order chi connectivity index (χ1) is 17.8. The number of carbonyl (C=O) groups is 1. The van der Waals surface area contributed by atoms with Crippen molar-refractivity contribution in [2.75, 3.05) is 44.2 Å². The second-order valence-corrected chi connectivity index (χ2v) is 11.2. The van der Waals surface area contributed by atoms with E-state index in [0.29, 0.717) is 50.1 Å². The van der Waals surface area contributed by atoms with E-state index < -0.39 is 0 Å². The predicted octanol–water partition coefficient (Wildman–Crippen LogP) is 4.73. The number of piperidine rings is 1. The van der Waals surface area contributed by atoms with Crippen LogP contribution in [0.5, 0.6) is 0 Å². The van der Waals surface area contributed by atoms with Gasteiger partial charge in [0, 0.05) is 37.7 Å². The van der Waals surface area contributed by atoms with Gasteiger partial charge in [0.05, 0.1) is 12.2 Å². The maximum Gasteiger partial charge on any atom is 0.241 e. The van der Waals surface area contributed by atoms with Gasteiger partial charge in [0.15, 0.2) is 0 Å². The highest BCUT2D eigenvalue weighted by molar-refractivity contribution is 5.79. The Hall–Kier alpha value is -3.26. The number of anilines is 1. The lowest BCUT2D eigenvalue weighted by atomic mass is 9.87. The summed E-state index contributed by atoms with van der Waals surface area (Å²) in [5.41, 5.74) is 2.94. The van der Waals surface area contributed by atoms with Crippen molar-refractivity contribution in [2.45, 2.75) is 45.6 Å². The summed E-state index contributed by atoms with van der Waals surface area (Å²) < 4.78 is 19.6. The van der Waals surface area contributed by atoms with E-state index in [1.165, 1.54) is 11.6 Å². The molecule has 0 radical (unpaired) electrons. The first-order valence-corrected chi connectivity index (χ1v) is 13.2. The molecule has 1 aromatic heterocycles. The van der Waals surface area contributed by atoms with E-state index in [4.69, 9.17) is 4.52 Å². The molecule has 0 atom stereocenters. The zero-order valence-corrected chi connectivity index (χ0v) is 22.0. The summed E-state index contributed by atoms with van der Waals surface area (Å²) in [6.45, 7) is 11.4. The Bertz CT molecular complexity index is 1200. The molecule has 8 heteroatoms. The standard InChI is InChI=1S/C29H36FN5O2/c1-29(2,3)23-10-8-21(9-11-23)27-31-26(37-32-27)20-33-14-12-22(13-15-33)28(36)35-18-16-34(17-19-35)25-7-5-4-6-24(25)30/h4-11,22H,12-20H2,1-3H3. The molecule has 0 spiro atoms. The summed E-state index contributed by atoms with van der Waals surface area (Å²) in [6, 6.07) is 15.2. The molecule has 2 saturated heterocycles. The van der Waals surface area contributed by atoms with Gasteiger partial charge in [-0.05, 0) is 49.0 Å². The average molecular weight is 506 g/mol. The molecule has 2 fully saturated rings. The predicted molar refractivity (Wildman–Crippen MR) is 142 cm³/mol. The number of hydrogen-bond donors (Lipinski definition) is 0. The molecule has 3 aromatic rings. The van der Waals surface area contributed by atoms with E-state index in [9.17, 15) is 9.18 Å². The molecule has 1 amide bonds. The molecule has 0 unspecified atom stereocenters. The highest BCUT2D eigenvalue weighted by Crippen LogP contribution is 2.26. The Kier molecular flexibility index (Phi) is 7.29. The summed E-state index contributed by atoms with van der Waals surface area (Å²) in [5.74, 6) is 1.27. The molecular formula is C29H36FN5O2. The first kappa shape index (κ1) is 25.4. The first-order valence-electron chi connectivity index (χ1n) is 13.2. The molecule has 0 N–H and O–H groups in total. The van der Waals surface area contributed by atoms with Crippen LogP contribution in [0.15, 0.2) is 53.1 Å². The Balaban J connectivity index is 1.09. The maximum atomic E-state index is 14.1. The topological polar surface area (TPSA) is 65.7 Å². The monoisotopic (exact) mass is 505 g/mol. The number of carbonyl (C=O) groups excluding carboxylic acids is 1. The van der Waals surface area contributed by atoms with Gasteiger partial charge in [-0.2, -0.15) is 4.98 Å². The van der Waals surface area contributed by atoms with Crippen LogP contribution in [0.2, 0.25) is 0 Å². The van der Waals surface area contributed by atoms with E-state index >= 15 is 0 Å². The fourth-order valence-corrected chi connectivity index (χ4v) is 5.22. The van der Waals surface area contributed by atoms with Crippen LogP contribution in [0.4, 0.5) is 10.1 Å². The van der Waals surface area contributed by atoms with Crippen LogP contribution in [-0.4, -0.2) is 65.1 Å². The Labute approximate surface area is 218 Å². The second kappa shape index (κ2) is 10.6. The summed E-state index contributed by atoms with van der Waals surface area (Å²) in [6.07, 6.45) is 1.64. The molecule has 37 heavy (non-hydrogen) atoms. The molecule has 0 bridgehead atoms. The van der Waals surface area contributed by atoms with Crippen LogP contribution in [-0.2, 0) is 16.8 Å². The number of piperazine rings is 1. The minimum absolute atomic E-state index is 0.0378. The molecule has 2 aromatic carbocycles. The number of rotatable bonds is 5. The van der Waals surface area contributed by atoms with Gasteiger partial charge in [0.1, 0.15) is 5.82 Å². The van der Waals surface area contributed by atoms with Crippen LogP contribution in [0.25, 0.3) is 11.4 Å². The van der Waals surface area contributed by atoms with Gasteiger partial charge in [-0.15, -0.1) is 0 Å². The van der Waals surface area contributed by atoms with Crippen molar-refractivity contribution >= 4 is 11.6 Å². The Morgan fingerprint density at radius 2 is 1.65 bits per heavy atom. The second-order valence-electron chi connectivity index (χ2n) is 11.2. The van der Waals surface area contributed by atoms with Crippen LogP contribution < -0.4 is 4.90 Å². The van der Waals surface area contributed by atoms with Gasteiger partial charge in [0.2, 0.25) is 17.6 Å². The van der Waals surface area contributed by atoms with Crippen molar-refractivity contribution in [2.24, 2.45) is 5.92 Å². The van der Waals surface area contributed by atoms with Crippen molar-refractivity contribution in [3.8, 4) is 11.4 Å². The number of para-hydroxylation sites is 1. The number of aromatic nitrogens is 2. The highest BCUT2D eigenvalue weighted by Gasteiger charge is 2.31. The number of nitrogens with zero attached hydrogens (tertiary/aromatic N) is 5. The zero-order chi connectivity index (χ0) is 26.0. The summed E-state index contributed by atoms with van der Waals surface area (Å²) in [7, 11) is 0. The van der Waals surface area contributed by atoms with Crippen molar-refractivity contribution in [3.63, 3.8) is 0 Å². The normalized spacial score (nSPS) is 17.8. The molecule has 0 saturated carbocycles. The lowest BCUT2D eigenvalue weighted by molar-refractivity contribution is -0.137. The van der Waals surface area contributed by atoms with Crippen molar-refractivity contribution < 1.29 is 13.7 Å². The summed E-state index contributed by atoms with van der Waals surface area (Å²) in [4.78, 5) is 24.0. The average Bonchev–Trinajstić information content (AvgIpc) is 3.37. The largest absolute Gasteiger partial charge is 0.366 e. The van der Waals surface area contributed by atoms with E-state index in [1.54, 1.807) is 12.1 Å². The molecule has 2 aliphatic rings. The number of hydrogen-bond acceptors (Lipinski definition) is 6. The Morgan fingerprint density at radius 3 is 2.30 bits per heavy atom. The van der Waals surface area contributed by atoms with Gasteiger partial charge < -0.3 is 14.3 Å². The minimum Gasteiger partial charge on any atom is -0.366 e. The fourth-order valence-electron chi connectivity index (χ4n) is 5.22. The van der Waals surface area contributed by atoms with E-state index in [1.807, 2.05) is 28.0 Å². The third-order valence-electron chi connectivity index (χ3n) is 7.56. The third-order valence-corrected chi connectivity index (χ3v) is 7.56. The van der Waals surface area contributed by atoms with Crippen molar-refractivity contribution in [1.29, 1.82) is 0 Å². The van der Waals surface area contributed by atoms with Gasteiger partial charge in [0.25, 0.3) is 0 Å². The number of halogens is 1. The smallest absolute Gasteiger partial charge is 0.241 e. The molecule has 5 rings (SSSR count). The van der Waals surface area contributed by atoms with Crippen molar-refractivity contribution in [1.82, 2.24) is 19.9 Å². The number of likely N-dealkylation sites (tertiary alicyclic amines) is 1. The number of benzene rings is 2. The van der Waals surface area contributed by atoms with E-state index in [-0.39, 0.29) is 23.1 Å². The molecule has 196 valence electrons. The van der Waals surface area contributed by atoms with Gasteiger partial charge >= 0.3 is 0 Å². The zero-order valence-electron chi connectivity index (χ0n) is 22.0. The van der Waals surface area contributed by atoms with Crippen LogP contribution in [0.3, 0.4) is 0 Å². The third kappa shape index (κ3) is 5.85. The minimum atomic E-state index is -0.207. The quantitative estimate of drug-likeness (QED) is 0.499. The van der Waals surface area contributed by atoms with Crippen LogP contribution >= 0.6 is 0 Å². The lowest BCUT2D eigenvalue weighted by Gasteiger charge is -2.39. The van der Waals surface area contributed by atoms with Crippen molar-refractivity contribution in [3.05, 3.63) is 65.8 Å². The van der Waals surface area contributed by atoms with Crippen LogP contribution in [0.1, 0.15) is 45.1 Å². The highest BCUT2D eigenvalue weighted by atomic mass is 19.1. The molecule has 2 aliphatic heterocycles. The van der Waals surface area contributed by atoms with Crippen LogP contribution in [0, 0.1) is 11.7 Å². The summed E-state index contributed by atoms with van der Waals surface area (Å²) in [5, 5.41) is 4.18. The Morgan fingerprint density at radius 1 is 0.973 bits per heavy atom. The molecule has 0 aliphatic carbocycles. The lowest BCUT2D eigenvalue weighted by Crippen LogP contribution is -2.51. The molecule has 7 nitrogen and oxygen atoms in total. The fraction of sp³-hybridized carbons (Fsp3) is 0.483. The van der Waals surface area contributed by atoms with Gasteiger partial charge in [-0.1, -0.05) is 62.3 Å². The van der Waals surface area contributed by atoms with Gasteiger partial charge in [-0.25, -0.2) is 4.39 Å². The molecule has 3 heterocycles. The van der Waals surface area contributed by atoms with E-state index in [2.05, 4.69) is 47.9 Å². The number of amides is 1. The maximum absolute atomic E-state index is 14.1. The van der Waals surface area contributed by atoms with Gasteiger partial charge in [-0.3, -0.25) is 9.69 Å². The van der Waals surface area contributed by atoms with E-state index in [0.717, 1.165) is 31.5 Å². The molecular weight excluding hydrogens is 469 g/mol.